The molecule has 0 aromatic carbocycles. The van der Waals surface area contributed by atoms with Crippen molar-refractivity contribution in [3.05, 3.63) is 12.0 Å². The molecule has 0 radical (unpaired) electrons. The van der Waals surface area contributed by atoms with E-state index in [-0.39, 0.29) is 5.92 Å². The number of nitrogens with zero attached hydrogens (tertiary/aromatic N) is 4. The Balaban J connectivity index is 2.26. The van der Waals surface area contributed by atoms with Crippen LogP contribution in [0.25, 0.3) is 11.6 Å². The molecule has 7 nitrogen and oxygen atoms in total. The van der Waals surface area contributed by atoms with Gasteiger partial charge in [0.15, 0.2) is 11.5 Å². The first-order valence-corrected chi connectivity index (χ1v) is 4.21. The number of nitrogens with one attached hydrogen (secondary N) is 1. The molecule has 0 bridgehead atoms. The standard InChI is InChI=1S/C7H10N6O/c1-4(2-8)6-10-7(14-12-6)5-3-9-13-11-5/h3-4H,2,8H2,1H3,(H,9,11,13). The van der Waals surface area contributed by atoms with E-state index in [4.69, 9.17) is 10.3 Å². The highest BCUT2D eigenvalue weighted by Gasteiger charge is 2.14. The summed E-state index contributed by atoms with van der Waals surface area (Å²) in [6.07, 6.45) is 1.52. The minimum atomic E-state index is 0.0828. The summed E-state index contributed by atoms with van der Waals surface area (Å²) in [6, 6.07) is 0. The summed E-state index contributed by atoms with van der Waals surface area (Å²) in [6.45, 7) is 2.41. The van der Waals surface area contributed by atoms with Gasteiger partial charge in [-0.15, -0.1) is 0 Å². The molecule has 2 aromatic rings. The van der Waals surface area contributed by atoms with Crippen LogP contribution < -0.4 is 5.73 Å². The maximum atomic E-state index is 5.48. The lowest BCUT2D eigenvalue weighted by molar-refractivity contribution is 0.416. The van der Waals surface area contributed by atoms with Gasteiger partial charge < -0.3 is 10.3 Å². The fourth-order valence-corrected chi connectivity index (χ4v) is 0.949. The third kappa shape index (κ3) is 1.49. The first kappa shape index (κ1) is 8.82. The smallest absolute Gasteiger partial charge is 0.280 e. The Labute approximate surface area is 79.7 Å². The van der Waals surface area contributed by atoms with Crippen molar-refractivity contribution in [3.63, 3.8) is 0 Å². The number of hydrogen-bond acceptors (Lipinski definition) is 6. The molecule has 2 rings (SSSR count). The van der Waals surface area contributed by atoms with Crippen LogP contribution in [0.15, 0.2) is 10.7 Å². The quantitative estimate of drug-likeness (QED) is 0.707. The average Bonchev–Trinajstić information content (AvgIpc) is 2.86. The predicted molar refractivity (Wildman–Crippen MR) is 47.1 cm³/mol. The Bertz CT molecular complexity index is 394. The molecule has 1 atom stereocenters. The molecule has 2 heterocycles. The van der Waals surface area contributed by atoms with Gasteiger partial charge in [-0.1, -0.05) is 12.1 Å². The Morgan fingerprint density at radius 2 is 2.50 bits per heavy atom. The van der Waals surface area contributed by atoms with Gasteiger partial charge in [-0.2, -0.15) is 20.4 Å². The van der Waals surface area contributed by atoms with Crippen LogP contribution in [0.4, 0.5) is 0 Å². The molecule has 7 heteroatoms. The first-order valence-electron chi connectivity index (χ1n) is 4.21. The van der Waals surface area contributed by atoms with Crippen molar-refractivity contribution in [1.29, 1.82) is 0 Å². The number of aromatic nitrogens is 5. The maximum absolute atomic E-state index is 5.48. The molecule has 0 aliphatic rings. The van der Waals surface area contributed by atoms with E-state index in [2.05, 4.69) is 25.6 Å². The summed E-state index contributed by atoms with van der Waals surface area (Å²) < 4.78 is 4.99. The molecule has 3 N–H and O–H groups in total. The van der Waals surface area contributed by atoms with Gasteiger partial charge in [0.25, 0.3) is 5.89 Å². The van der Waals surface area contributed by atoms with Gasteiger partial charge in [-0.25, -0.2) is 0 Å². The molecule has 2 aromatic heterocycles. The minimum Gasteiger partial charge on any atom is -0.332 e. The van der Waals surface area contributed by atoms with Crippen LogP contribution in [-0.4, -0.2) is 32.1 Å². The zero-order chi connectivity index (χ0) is 9.97. The van der Waals surface area contributed by atoms with Crippen molar-refractivity contribution in [3.8, 4) is 11.6 Å². The summed E-state index contributed by atoms with van der Waals surface area (Å²) in [5, 5.41) is 13.7. The molecule has 0 aliphatic heterocycles. The van der Waals surface area contributed by atoms with Gasteiger partial charge in [0, 0.05) is 12.5 Å². The number of hydrogen-bond donors (Lipinski definition) is 2. The van der Waals surface area contributed by atoms with E-state index in [9.17, 15) is 0 Å². The van der Waals surface area contributed by atoms with Gasteiger partial charge in [-0.05, 0) is 0 Å². The van der Waals surface area contributed by atoms with Crippen LogP contribution in [0.2, 0.25) is 0 Å². The second-order valence-corrected chi connectivity index (χ2v) is 2.95. The Morgan fingerprint density at radius 1 is 1.64 bits per heavy atom. The summed E-state index contributed by atoms with van der Waals surface area (Å²) >= 11 is 0. The van der Waals surface area contributed by atoms with Gasteiger partial charge >= 0.3 is 0 Å². The molecular weight excluding hydrogens is 184 g/mol. The highest BCUT2D eigenvalue weighted by Crippen LogP contribution is 2.16. The van der Waals surface area contributed by atoms with Crippen molar-refractivity contribution in [2.24, 2.45) is 5.73 Å². The van der Waals surface area contributed by atoms with E-state index >= 15 is 0 Å². The van der Waals surface area contributed by atoms with Crippen molar-refractivity contribution in [2.75, 3.05) is 6.54 Å². The lowest BCUT2D eigenvalue weighted by atomic mass is 10.2. The second kappa shape index (κ2) is 3.54. The van der Waals surface area contributed by atoms with Gasteiger partial charge in [-0.3, -0.25) is 0 Å². The molecule has 74 valence electrons. The van der Waals surface area contributed by atoms with Gasteiger partial charge in [0.2, 0.25) is 0 Å². The van der Waals surface area contributed by atoms with E-state index in [0.717, 1.165) is 0 Å². The summed E-state index contributed by atoms with van der Waals surface area (Å²) in [4.78, 5) is 4.14. The normalized spacial score (nSPS) is 13.0. The Hall–Kier alpha value is -1.76. The summed E-state index contributed by atoms with van der Waals surface area (Å²) in [5.74, 6) is 1.03. The molecule has 0 fully saturated rings. The monoisotopic (exact) mass is 194 g/mol. The maximum Gasteiger partial charge on any atom is 0.280 e. The van der Waals surface area contributed by atoms with Gasteiger partial charge in [0.1, 0.15) is 0 Å². The second-order valence-electron chi connectivity index (χ2n) is 2.95. The molecular formula is C7H10N6O. The van der Waals surface area contributed by atoms with Crippen LogP contribution in [0.1, 0.15) is 18.7 Å². The zero-order valence-corrected chi connectivity index (χ0v) is 7.64. The van der Waals surface area contributed by atoms with Crippen LogP contribution in [-0.2, 0) is 0 Å². The van der Waals surface area contributed by atoms with Gasteiger partial charge in [0.05, 0.1) is 6.20 Å². The Kier molecular flexibility index (Phi) is 2.23. The van der Waals surface area contributed by atoms with Crippen molar-refractivity contribution < 1.29 is 4.52 Å². The van der Waals surface area contributed by atoms with E-state index in [0.29, 0.717) is 24.0 Å². The SMILES string of the molecule is CC(CN)c1noc(-c2cn[nH]n2)n1. The van der Waals surface area contributed by atoms with Crippen LogP contribution in [0, 0.1) is 0 Å². The number of H-pyrrole nitrogens is 1. The van der Waals surface area contributed by atoms with E-state index in [1.54, 1.807) is 0 Å². The average molecular weight is 194 g/mol. The first-order chi connectivity index (χ1) is 6.81. The summed E-state index contributed by atoms with van der Waals surface area (Å²) in [7, 11) is 0. The van der Waals surface area contributed by atoms with Crippen LogP contribution in [0.3, 0.4) is 0 Å². The molecule has 1 unspecified atom stereocenters. The van der Waals surface area contributed by atoms with E-state index < -0.39 is 0 Å². The molecule has 0 amide bonds. The highest BCUT2D eigenvalue weighted by atomic mass is 16.5. The lowest BCUT2D eigenvalue weighted by Crippen LogP contribution is -2.10. The van der Waals surface area contributed by atoms with Crippen LogP contribution in [0.5, 0.6) is 0 Å². The van der Waals surface area contributed by atoms with E-state index in [1.807, 2.05) is 6.92 Å². The molecule has 0 aliphatic carbocycles. The van der Waals surface area contributed by atoms with Crippen molar-refractivity contribution in [1.82, 2.24) is 25.6 Å². The van der Waals surface area contributed by atoms with E-state index in [1.165, 1.54) is 6.20 Å². The van der Waals surface area contributed by atoms with Crippen molar-refractivity contribution in [2.45, 2.75) is 12.8 Å². The fourth-order valence-electron chi connectivity index (χ4n) is 0.949. The third-order valence-electron chi connectivity index (χ3n) is 1.87. The Morgan fingerprint density at radius 3 is 3.14 bits per heavy atom. The fraction of sp³-hybridized carbons (Fsp3) is 0.429. The lowest BCUT2D eigenvalue weighted by Gasteiger charge is -1.98. The predicted octanol–water partition coefficient (Wildman–Crippen LogP) is -0.0831. The zero-order valence-electron chi connectivity index (χ0n) is 7.64. The van der Waals surface area contributed by atoms with Crippen molar-refractivity contribution >= 4 is 0 Å². The summed E-state index contributed by atoms with van der Waals surface area (Å²) in [5.41, 5.74) is 6.01. The third-order valence-corrected chi connectivity index (χ3v) is 1.87. The molecule has 0 saturated heterocycles. The highest BCUT2D eigenvalue weighted by molar-refractivity contribution is 5.42. The number of aromatic amines is 1. The molecule has 0 saturated carbocycles. The molecule has 0 spiro atoms. The largest absolute Gasteiger partial charge is 0.332 e. The topological polar surface area (TPSA) is 107 Å². The number of nitrogens with two attached hydrogens (primary N) is 1. The van der Waals surface area contributed by atoms with Crippen LogP contribution >= 0.6 is 0 Å². The number of rotatable bonds is 3. The minimum absolute atomic E-state index is 0.0828. The molecule has 14 heavy (non-hydrogen) atoms.